The largest absolute Gasteiger partial charge is 0.338 e. The minimum Gasteiger partial charge on any atom is -0.338 e. The molecule has 1 aromatic rings. The third-order valence-corrected chi connectivity index (χ3v) is 3.45. The summed E-state index contributed by atoms with van der Waals surface area (Å²) in [6.45, 7) is 4.50. The van der Waals surface area contributed by atoms with Crippen LogP contribution in [0.5, 0.6) is 0 Å². The third kappa shape index (κ3) is 1.78. The smallest absolute Gasteiger partial charge is 0.243 e. The summed E-state index contributed by atoms with van der Waals surface area (Å²) < 4.78 is 5.34. The quantitative estimate of drug-likeness (QED) is 0.761. The molecule has 1 aliphatic heterocycles. The van der Waals surface area contributed by atoms with E-state index in [9.17, 15) is 0 Å². The van der Waals surface area contributed by atoms with Crippen molar-refractivity contribution in [3.8, 4) is 0 Å². The topological polar surface area (TPSA) is 42.2 Å². The fraction of sp³-hybridized carbons (Fsp3) is 0.818. The minimum atomic E-state index is 0.299. The number of aromatic nitrogens is 2. The normalized spacial score (nSPS) is 24.6. The zero-order valence-electron chi connectivity index (χ0n) is 9.15. The summed E-state index contributed by atoms with van der Waals surface area (Å²) in [4.78, 5) is 6.92. The second-order valence-corrected chi connectivity index (χ2v) is 4.68. The Bertz CT molecular complexity index is 339. The van der Waals surface area contributed by atoms with E-state index in [4.69, 9.17) is 4.52 Å². The highest BCUT2D eigenvalue weighted by Gasteiger charge is 2.31. The molecule has 82 valence electrons. The lowest BCUT2D eigenvalue weighted by molar-refractivity contribution is 0.209. The van der Waals surface area contributed by atoms with Crippen LogP contribution in [0.25, 0.3) is 0 Å². The van der Waals surface area contributed by atoms with Crippen LogP contribution in [0.4, 0.5) is 0 Å². The van der Waals surface area contributed by atoms with Crippen molar-refractivity contribution >= 4 is 0 Å². The van der Waals surface area contributed by atoms with Gasteiger partial charge >= 0.3 is 0 Å². The predicted molar refractivity (Wildman–Crippen MR) is 55.5 cm³/mol. The third-order valence-electron chi connectivity index (χ3n) is 3.45. The van der Waals surface area contributed by atoms with Gasteiger partial charge in [0, 0.05) is 5.92 Å². The van der Waals surface area contributed by atoms with Crippen LogP contribution in [-0.4, -0.2) is 28.1 Å². The maximum Gasteiger partial charge on any atom is 0.243 e. The first kappa shape index (κ1) is 9.33. The van der Waals surface area contributed by atoms with E-state index in [2.05, 4.69) is 22.0 Å². The Morgan fingerprint density at radius 2 is 2.07 bits per heavy atom. The fourth-order valence-corrected chi connectivity index (χ4v) is 2.21. The zero-order chi connectivity index (χ0) is 10.3. The summed E-state index contributed by atoms with van der Waals surface area (Å²) in [5, 5.41) is 4.06. The van der Waals surface area contributed by atoms with Crippen molar-refractivity contribution in [2.75, 3.05) is 13.1 Å². The number of hydrogen-bond acceptors (Lipinski definition) is 4. The van der Waals surface area contributed by atoms with Gasteiger partial charge in [0.25, 0.3) is 0 Å². The molecule has 2 fully saturated rings. The Morgan fingerprint density at radius 1 is 1.33 bits per heavy atom. The predicted octanol–water partition coefficient (Wildman–Crippen LogP) is 2.10. The van der Waals surface area contributed by atoms with Gasteiger partial charge in [-0.05, 0) is 45.7 Å². The lowest BCUT2D eigenvalue weighted by Gasteiger charge is -2.19. The first-order valence-corrected chi connectivity index (χ1v) is 5.92. The highest BCUT2D eigenvalue weighted by Crippen LogP contribution is 2.38. The van der Waals surface area contributed by atoms with E-state index in [0.717, 1.165) is 11.7 Å². The maximum absolute atomic E-state index is 5.34. The second kappa shape index (κ2) is 3.59. The van der Waals surface area contributed by atoms with Gasteiger partial charge in [0.1, 0.15) is 0 Å². The van der Waals surface area contributed by atoms with Crippen LogP contribution in [0.1, 0.15) is 56.3 Å². The molecule has 1 aromatic heterocycles. The summed E-state index contributed by atoms with van der Waals surface area (Å²) >= 11 is 0. The van der Waals surface area contributed by atoms with Crippen molar-refractivity contribution in [2.24, 2.45) is 0 Å². The van der Waals surface area contributed by atoms with Gasteiger partial charge < -0.3 is 4.52 Å². The van der Waals surface area contributed by atoms with E-state index in [-0.39, 0.29) is 0 Å². The molecule has 2 heterocycles. The Balaban J connectivity index is 1.72. The van der Waals surface area contributed by atoms with Crippen LogP contribution < -0.4 is 0 Å². The van der Waals surface area contributed by atoms with E-state index in [0.29, 0.717) is 12.0 Å². The number of likely N-dealkylation sites (tertiary alicyclic amines) is 1. The van der Waals surface area contributed by atoms with Gasteiger partial charge in [0.05, 0.1) is 6.04 Å². The van der Waals surface area contributed by atoms with Gasteiger partial charge in [-0.1, -0.05) is 5.16 Å². The first-order valence-electron chi connectivity index (χ1n) is 5.92. The number of hydrogen-bond donors (Lipinski definition) is 0. The summed E-state index contributed by atoms with van der Waals surface area (Å²) in [6, 6.07) is 0.299. The van der Waals surface area contributed by atoms with Gasteiger partial charge in [0.15, 0.2) is 5.82 Å². The lowest BCUT2D eigenvalue weighted by atomic mass is 10.3. The highest BCUT2D eigenvalue weighted by molar-refractivity contribution is 5.04. The molecule has 1 saturated carbocycles. The average Bonchev–Trinajstić information content (AvgIpc) is 2.83. The molecule has 0 amide bonds. The molecular weight excluding hydrogens is 190 g/mol. The number of rotatable bonds is 3. The van der Waals surface area contributed by atoms with Crippen LogP contribution >= 0.6 is 0 Å². The molecule has 0 radical (unpaired) electrons. The molecule has 1 atom stereocenters. The maximum atomic E-state index is 5.34. The molecule has 0 N–H and O–H groups in total. The summed E-state index contributed by atoms with van der Waals surface area (Å²) in [5.74, 6) is 2.32. The average molecular weight is 207 g/mol. The minimum absolute atomic E-state index is 0.299. The lowest BCUT2D eigenvalue weighted by Crippen LogP contribution is -2.23. The molecule has 3 rings (SSSR count). The van der Waals surface area contributed by atoms with Crippen LogP contribution in [-0.2, 0) is 0 Å². The van der Waals surface area contributed by atoms with Crippen LogP contribution in [0.2, 0.25) is 0 Å². The van der Waals surface area contributed by atoms with Crippen LogP contribution in [0, 0.1) is 0 Å². The van der Waals surface area contributed by atoms with Crippen molar-refractivity contribution in [3.05, 3.63) is 11.7 Å². The highest BCUT2D eigenvalue weighted by atomic mass is 16.5. The van der Waals surface area contributed by atoms with E-state index in [1.807, 2.05) is 0 Å². The van der Waals surface area contributed by atoms with Crippen LogP contribution in [0.15, 0.2) is 4.52 Å². The molecule has 1 saturated heterocycles. The molecule has 4 nitrogen and oxygen atoms in total. The first-order chi connectivity index (χ1) is 7.34. The summed E-state index contributed by atoms with van der Waals surface area (Å²) in [7, 11) is 0. The summed E-state index contributed by atoms with van der Waals surface area (Å²) in [6.07, 6.45) is 5.07. The van der Waals surface area contributed by atoms with Gasteiger partial charge in [-0.15, -0.1) is 0 Å². The Morgan fingerprint density at radius 3 is 2.73 bits per heavy atom. The molecule has 0 aromatic carbocycles. The van der Waals surface area contributed by atoms with E-state index in [1.165, 1.54) is 38.8 Å². The number of nitrogens with zero attached hydrogens (tertiary/aromatic N) is 3. The molecular formula is C11H17N3O. The van der Waals surface area contributed by atoms with Crippen molar-refractivity contribution in [3.63, 3.8) is 0 Å². The molecule has 1 aliphatic carbocycles. The van der Waals surface area contributed by atoms with E-state index < -0.39 is 0 Å². The fourth-order valence-electron chi connectivity index (χ4n) is 2.21. The monoisotopic (exact) mass is 207 g/mol. The van der Waals surface area contributed by atoms with Gasteiger partial charge in [-0.2, -0.15) is 4.98 Å². The van der Waals surface area contributed by atoms with E-state index in [1.54, 1.807) is 0 Å². The van der Waals surface area contributed by atoms with Gasteiger partial charge in [0.2, 0.25) is 5.89 Å². The zero-order valence-corrected chi connectivity index (χ0v) is 9.15. The van der Waals surface area contributed by atoms with Crippen LogP contribution in [0.3, 0.4) is 0 Å². The van der Waals surface area contributed by atoms with Gasteiger partial charge in [-0.25, -0.2) is 0 Å². The molecule has 0 bridgehead atoms. The molecule has 2 aliphatic rings. The molecule has 0 spiro atoms. The molecule has 15 heavy (non-hydrogen) atoms. The van der Waals surface area contributed by atoms with E-state index >= 15 is 0 Å². The molecule has 0 unspecified atom stereocenters. The van der Waals surface area contributed by atoms with Crippen molar-refractivity contribution < 1.29 is 4.52 Å². The standard InChI is InChI=1S/C11H17N3O/c1-8(14-6-2-3-7-14)11-12-10(13-15-11)9-4-5-9/h8-9H,2-7H2,1H3/t8-/m0/s1. The van der Waals surface area contributed by atoms with Gasteiger partial charge in [-0.3, -0.25) is 4.90 Å². The SMILES string of the molecule is C[C@@H](c1nc(C2CC2)no1)N1CCCC1. The molecule has 4 heteroatoms. The Hall–Kier alpha value is -0.900. The van der Waals surface area contributed by atoms with Crippen molar-refractivity contribution in [1.29, 1.82) is 0 Å². The van der Waals surface area contributed by atoms with Crippen molar-refractivity contribution in [1.82, 2.24) is 15.0 Å². The van der Waals surface area contributed by atoms with Crippen molar-refractivity contribution in [2.45, 2.75) is 44.6 Å². The summed E-state index contributed by atoms with van der Waals surface area (Å²) in [5.41, 5.74) is 0. The Labute approximate surface area is 89.6 Å². The Kier molecular flexibility index (Phi) is 2.24. The second-order valence-electron chi connectivity index (χ2n) is 4.68.